The van der Waals surface area contributed by atoms with Crippen LogP contribution in [0.3, 0.4) is 0 Å². The van der Waals surface area contributed by atoms with E-state index in [9.17, 15) is 14.2 Å². The van der Waals surface area contributed by atoms with E-state index in [1.54, 1.807) is 38.1 Å². The summed E-state index contributed by atoms with van der Waals surface area (Å²) in [6, 6.07) is 6.49. The van der Waals surface area contributed by atoms with Crippen molar-refractivity contribution in [2.45, 2.75) is 26.3 Å². The summed E-state index contributed by atoms with van der Waals surface area (Å²) in [5.41, 5.74) is 0.787. The number of amides is 1. The quantitative estimate of drug-likeness (QED) is 0.388. The number of esters is 1. The van der Waals surface area contributed by atoms with E-state index in [1.807, 2.05) is 0 Å². The van der Waals surface area contributed by atoms with E-state index >= 15 is 0 Å². The molecular formula is C16H22ClNO6P+. The molecule has 0 bridgehead atoms. The number of rotatable bonds is 9. The predicted octanol–water partition coefficient (Wildman–Crippen LogP) is 4.04. The molecule has 0 fully saturated rings. The molecule has 2 unspecified atom stereocenters. The van der Waals surface area contributed by atoms with E-state index in [-0.39, 0.29) is 12.5 Å². The third kappa shape index (κ3) is 8.82. The van der Waals surface area contributed by atoms with Crippen LogP contribution in [0.25, 0.3) is 0 Å². The Morgan fingerprint density at radius 1 is 1.20 bits per heavy atom. The zero-order chi connectivity index (χ0) is 18.8. The molecule has 0 saturated heterocycles. The molecule has 25 heavy (non-hydrogen) atoms. The Hall–Kier alpha value is -1.69. The summed E-state index contributed by atoms with van der Waals surface area (Å²) in [5, 5.41) is 3.23. The van der Waals surface area contributed by atoms with Gasteiger partial charge in [0.05, 0.1) is 12.0 Å². The third-order valence-corrected chi connectivity index (χ3v) is 3.90. The topological polar surface area (TPSA) is 90.9 Å². The first-order valence-electron chi connectivity index (χ1n) is 7.68. The molecule has 0 heterocycles. The average molecular weight is 391 g/mol. The number of halogens is 1. The van der Waals surface area contributed by atoms with E-state index in [0.29, 0.717) is 11.4 Å². The molecule has 0 aliphatic heterocycles. The van der Waals surface area contributed by atoms with E-state index in [4.69, 9.17) is 25.6 Å². The number of hydrogen-bond acceptors (Lipinski definition) is 6. The first kappa shape index (κ1) is 21.4. The van der Waals surface area contributed by atoms with Crippen LogP contribution in [-0.2, 0) is 23.4 Å². The molecule has 9 heteroatoms. The number of ether oxygens (including phenoxy) is 2. The molecule has 1 rings (SSSR count). The molecule has 1 amide bonds. The largest absolute Gasteiger partial charge is 0.504 e. The molecule has 0 spiro atoms. The highest BCUT2D eigenvalue weighted by molar-refractivity contribution is 7.38. The maximum Gasteiger partial charge on any atom is 0.504 e. The van der Waals surface area contributed by atoms with Crippen LogP contribution in [0.15, 0.2) is 24.3 Å². The van der Waals surface area contributed by atoms with Crippen LogP contribution < -0.4 is 5.32 Å². The van der Waals surface area contributed by atoms with Crippen molar-refractivity contribution in [3.8, 4) is 0 Å². The van der Waals surface area contributed by atoms with Crippen LogP contribution in [0.2, 0.25) is 5.02 Å². The molecule has 0 aliphatic carbocycles. The van der Waals surface area contributed by atoms with Gasteiger partial charge in [0.15, 0.2) is 6.66 Å². The number of alkyl carbamates (subject to hydrolysis) is 1. The molecule has 1 N–H and O–H groups in total. The predicted molar refractivity (Wildman–Crippen MR) is 93.7 cm³/mol. The summed E-state index contributed by atoms with van der Waals surface area (Å²) in [6.45, 7) is 4.54. The smallest absolute Gasteiger partial charge is 0.428 e. The van der Waals surface area contributed by atoms with Crippen molar-refractivity contribution in [3.63, 3.8) is 0 Å². The minimum Gasteiger partial charge on any atom is -0.428 e. The second kappa shape index (κ2) is 11.0. The Morgan fingerprint density at radius 2 is 1.84 bits per heavy atom. The number of hydrogen-bond donors (Lipinski definition) is 1. The van der Waals surface area contributed by atoms with Gasteiger partial charge in [-0.2, -0.15) is 0 Å². The first-order valence-corrected chi connectivity index (χ1v) is 9.69. The molecule has 0 saturated carbocycles. The van der Waals surface area contributed by atoms with Gasteiger partial charge < -0.3 is 14.8 Å². The van der Waals surface area contributed by atoms with Crippen molar-refractivity contribution in [1.29, 1.82) is 0 Å². The molecule has 0 aliphatic rings. The van der Waals surface area contributed by atoms with Gasteiger partial charge in [-0.15, -0.1) is 4.52 Å². The second-order valence-electron chi connectivity index (χ2n) is 5.48. The summed E-state index contributed by atoms with van der Waals surface area (Å²) in [7, 11) is -1.72. The van der Waals surface area contributed by atoms with Gasteiger partial charge in [0, 0.05) is 11.4 Å². The van der Waals surface area contributed by atoms with E-state index < -0.39 is 32.9 Å². The molecule has 0 radical (unpaired) electrons. The van der Waals surface area contributed by atoms with Gasteiger partial charge in [-0.1, -0.05) is 37.6 Å². The second-order valence-corrected chi connectivity index (χ2v) is 7.05. The molecule has 2 atom stereocenters. The molecular weight excluding hydrogens is 369 g/mol. The van der Waals surface area contributed by atoms with Crippen molar-refractivity contribution >= 4 is 31.7 Å². The van der Waals surface area contributed by atoms with Crippen molar-refractivity contribution in [3.05, 3.63) is 34.9 Å². The Bertz CT molecular complexity index is 593. The van der Waals surface area contributed by atoms with Crippen molar-refractivity contribution in [1.82, 2.24) is 5.32 Å². The number of carbonyl (C=O) groups is 2. The van der Waals surface area contributed by atoms with Crippen LogP contribution in [0.1, 0.15) is 31.9 Å². The van der Waals surface area contributed by atoms with Crippen LogP contribution in [0.4, 0.5) is 4.79 Å². The fourth-order valence-electron chi connectivity index (χ4n) is 1.81. The minimum absolute atomic E-state index is 0.196. The highest BCUT2D eigenvalue weighted by Crippen LogP contribution is 2.22. The Kier molecular flexibility index (Phi) is 9.42. The molecule has 1 aromatic carbocycles. The fraction of sp³-hybridized carbons (Fsp3) is 0.500. The maximum absolute atomic E-state index is 11.9. The van der Waals surface area contributed by atoms with Crippen molar-refractivity contribution < 1.29 is 28.2 Å². The SMILES string of the molecule is CC(C)C(=O)OCOC(=O)NC(CCO[P+](C)=O)c1ccc(Cl)cc1. The highest BCUT2D eigenvalue weighted by atomic mass is 35.5. The van der Waals surface area contributed by atoms with Gasteiger partial charge in [0.25, 0.3) is 0 Å². The normalized spacial score (nSPS) is 12.4. The number of nitrogens with one attached hydrogen (secondary N) is 1. The lowest BCUT2D eigenvalue weighted by Crippen LogP contribution is -2.31. The summed E-state index contributed by atoms with van der Waals surface area (Å²) in [5.74, 6) is -0.760. The molecule has 0 aromatic heterocycles. The van der Waals surface area contributed by atoms with Crippen molar-refractivity contribution in [2.75, 3.05) is 20.1 Å². The first-order chi connectivity index (χ1) is 11.8. The Morgan fingerprint density at radius 3 is 2.40 bits per heavy atom. The summed E-state index contributed by atoms with van der Waals surface area (Å²) < 4.78 is 25.7. The van der Waals surface area contributed by atoms with E-state index in [0.717, 1.165) is 5.56 Å². The lowest BCUT2D eigenvalue weighted by molar-refractivity contribution is -0.155. The van der Waals surface area contributed by atoms with Gasteiger partial charge in [0.2, 0.25) is 6.79 Å². The van der Waals surface area contributed by atoms with Gasteiger partial charge in [0.1, 0.15) is 6.61 Å². The summed E-state index contributed by atoms with van der Waals surface area (Å²) in [6.07, 6.45) is -0.352. The van der Waals surface area contributed by atoms with E-state index in [1.165, 1.54) is 6.66 Å². The third-order valence-electron chi connectivity index (χ3n) is 3.11. The van der Waals surface area contributed by atoms with Gasteiger partial charge in [-0.3, -0.25) is 4.79 Å². The van der Waals surface area contributed by atoms with E-state index in [2.05, 4.69) is 5.32 Å². The summed E-state index contributed by atoms with van der Waals surface area (Å²) >= 11 is 5.87. The zero-order valence-corrected chi connectivity index (χ0v) is 16.0. The molecule has 7 nitrogen and oxygen atoms in total. The number of carbonyl (C=O) groups excluding carboxylic acids is 2. The minimum atomic E-state index is -1.72. The lowest BCUT2D eigenvalue weighted by atomic mass is 10.0. The molecule has 138 valence electrons. The van der Waals surface area contributed by atoms with Gasteiger partial charge >= 0.3 is 20.1 Å². The molecule has 1 aromatic rings. The van der Waals surface area contributed by atoms with Crippen LogP contribution in [0.5, 0.6) is 0 Å². The monoisotopic (exact) mass is 390 g/mol. The van der Waals surface area contributed by atoms with Gasteiger partial charge in [-0.05, 0) is 22.3 Å². The zero-order valence-electron chi connectivity index (χ0n) is 14.4. The maximum atomic E-state index is 11.9. The number of benzene rings is 1. The van der Waals surface area contributed by atoms with Crippen molar-refractivity contribution in [2.24, 2.45) is 5.92 Å². The van der Waals surface area contributed by atoms with Crippen LogP contribution in [0, 0.1) is 5.92 Å². The fourth-order valence-corrected chi connectivity index (χ4v) is 2.30. The van der Waals surface area contributed by atoms with Gasteiger partial charge in [-0.25, -0.2) is 4.79 Å². The van der Waals surface area contributed by atoms with Crippen LogP contribution >= 0.6 is 19.6 Å². The summed E-state index contributed by atoms with van der Waals surface area (Å²) in [4.78, 5) is 23.2. The highest BCUT2D eigenvalue weighted by Gasteiger charge is 2.18. The van der Waals surface area contributed by atoms with Crippen LogP contribution in [-0.4, -0.2) is 32.1 Å². The Labute approximate surface area is 152 Å². The Balaban J connectivity index is 2.59. The lowest BCUT2D eigenvalue weighted by Gasteiger charge is -2.18. The average Bonchev–Trinajstić information content (AvgIpc) is 2.54. The standard InChI is InChI=1S/C16H21ClNO6P/c1-11(2)15(19)22-10-23-16(20)18-14(8-9-24-25(3)21)12-4-6-13(17)7-5-12/h4-7,11,14H,8-10H2,1-3H3/p+1.